The molecule has 2 amide bonds. The van der Waals surface area contributed by atoms with E-state index in [1.165, 1.54) is 0 Å². The Bertz CT molecular complexity index is 470. The first-order valence-corrected chi connectivity index (χ1v) is 7.77. The number of benzene rings is 1. The number of urea groups is 1. The fourth-order valence-corrected chi connectivity index (χ4v) is 2.78. The molecule has 2 rings (SSSR count). The molecule has 0 atom stereocenters. The van der Waals surface area contributed by atoms with Crippen molar-refractivity contribution in [2.75, 3.05) is 36.5 Å². The molecule has 1 saturated heterocycles. The van der Waals surface area contributed by atoms with Crippen LogP contribution in [0.2, 0.25) is 0 Å². The lowest BCUT2D eigenvalue weighted by Crippen LogP contribution is -2.40. The van der Waals surface area contributed by atoms with Crippen LogP contribution in [0.15, 0.2) is 24.3 Å². The third-order valence-corrected chi connectivity index (χ3v) is 3.89. The quantitative estimate of drug-likeness (QED) is 0.870. The van der Waals surface area contributed by atoms with Gasteiger partial charge in [-0.3, -0.25) is 0 Å². The van der Waals surface area contributed by atoms with E-state index >= 15 is 0 Å². The van der Waals surface area contributed by atoms with Crippen molar-refractivity contribution in [3.05, 3.63) is 29.8 Å². The normalized spacial score (nSPS) is 14.8. The van der Waals surface area contributed by atoms with E-state index in [0.29, 0.717) is 17.9 Å². The minimum atomic E-state index is -0.349. The van der Waals surface area contributed by atoms with Crippen molar-refractivity contribution in [2.45, 2.75) is 6.92 Å². The molecule has 1 aromatic rings. The SMILES string of the molecule is CCOC(=O)c1ccc(NC(=O)N2CCSCC2)cc1. The summed E-state index contributed by atoms with van der Waals surface area (Å²) in [7, 11) is 0. The van der Waals surface area contributed by atoms with Gasteiger partial charge in [-0.05, 0) is 31.2 Å². The van der Waals surface area contributed by atoms with Crippen molar-refractivity contribution >= 4 is 29.4 Å². The second-order valence-electron chi connectivity index (χ2n) is 4.33. The lowest BCUT2D eigenvalue weighted by atomic mass is 10.2. The van der Waals surface area contributed by atoms with Gasteiger partial charge in [0, 0.05) is 30.3 Å². The zero-order valence-corrected chi connectivity index (χ0v) is 12.2. The van der Waals surface area contributed by atoms with Gasteiger partial charge in [0.05, 0.1) is 12.2 Å². The third kappa shape index (κ3) is 3.90. The summed E-state index contributed by atoms with van der Waals surface area (Å²) in [4.78, 5) is 25.3. The number of nitrogens with one attached hydrogen (secondary N) is 1. The largest absolute Gasteiger partial charge is 0.462 e. The zero-order valence-electron chi connectivity index (χ0n) is 11.4. The number of thioether (sulfide) groups is 1. The molecule has 0 unspecified atom stereocenters. The molecule has 0 aliphatic carbocycles. The number of hydrogen-bond acceptors (Lipinski definition) is 4. The first-order valence-electron chi connectivity index (χ1n) is 6.61. The Morgan fingerprint density at radius 1 is 1.25 bits per heavy atom. The van der Waals surface area contributed by atoms with Crippen LogP contribution in [0.3, 0.4) is 0 Å². The molecule has 6 heteroatoms. The van der Waals surface area contributed by atoms with Crippen molar-refractivity contribution in [3.63, 3.8) is 0 Å². The van der Waals surface area contributed by atoms with E-state index in [-0.39, 0.29) is 12.0 Å². The van der Waals surface area contributed by atoms with Gasteiger partial charge in [0.15, 0.2) is 0 Å². The third-order valence-electron chi connectivity index (χ3n) is 2.95. The summed E-state index contributed by atoms with van der Waals surface area (Å²) in [5.74, 6) is 1.61. The number of hydrogen-bond donors (Lipinski definition) is 1. The molecule has 0 saturated carbocycles. The molecule has 1 aromatic carbocycles. The highest BCUT2D eigenvalue weighted by molar-refractivity contribution is 7.99. The monoisotopic (exact) mass is 294 g/mol. The molecule has 1 aliphatic rings. The van der Waals surface area contributed by atoms with E-state index in [0.717, 1.165) is 24.6 Å². The molecule has 20 heavy (non-hydrogen) atoms. The van der Waals surface area contributed by atoms with Gasteiger partial charge in [0.2, 0.25) is 0 Å². The van der Waals surface area contributed by atoms with Crippen LogP contribution in [0.1, 0.15) is 17.3 Å². The Hall–Kier alpha value is -1.69. The predicted molar refractivity (Wildman–Crippen MR) is 80.3 cm³/mol. The van der Waals surface area contributed by atoms with Crippen LogP contribution < -0.4 is 5.32 Å². The number of nitrogens with zero attached hydrogens (tertiary/aromatic N) is 1. The molecular formula is C14H18N2O3S. The lowest BCUT2D eigenvalue weighted by molar-refractivity contribution is 0.0526. The van der Waals surface area contributed by atoms with Gasteiger partial charge in [-0.1, -0.05) is 0 Å². The Kier molecular flexibility index (Phi) is 5.29. The summed E-state index contributed by atoms with van der Waals surface area (Å²) in [5.41, 5.74) is 1.17. The zero-order chi connectivity index (χ0) is 14.4. The summed E-state index contributed by atoms with van der Waals surface area (Å²) < 4.78 is 4.91. The lowest BCUT2D eigenvalue weighted by Gasteiger charge is -2.26. The Balaban J connectivity index is 1.92. The minimum absolute atomic E-state index is 0.0887. The Morgan fingerprint density at radius 3 is 2.50 bits per heavy atom. The van der Waals surface area contributed by atoms with E-state index in [1.807, 2.05) is 11.8 Å². The summed E-state index contributed by atoms with van der Waals surface area (Å²) in [6.07, 6.45) is 0. The fourth-order valence-electron chi connectivity index (χ4n) is 1.87. The number of carbonyl (C=O) groups excluding carboxylic acids is 2. The molecule has 1 N–H and O–H groups in total. The predicted octanol–water partition coefficient (Wildman–Crippen LogP) is 2.44. The molecule has 108 valence electrons. The van der Waals surface area contributed by atoms with E-state index in [4.69, 9.17) is 4.74 Å². The fraction of sp³-hybridized carbons (Fsp3) is 0.429. The standard InChI is InChI=1S/C14H18N2O3S/c1-2-19-13(17)11-3-5-12(6-4-11)15-14(18)16-7-9-20-10-8-16/h3-6H,2,7-10H2,1H3,(H,15,18). The second kappa shape index (κ2) is 7.19. The van der Waals surface area contributed by atoms with Gasteiger partial charge in [0.25, 0.3) is 0 Å². The highest BCUT2D eigenvalue weighted by atomic mass is 32.2. The number of anilines is 1. The number of carbonyl (C=O) groups is 2. The first-order chi connectivity index (χ1) is 9.70. The van der Waals surface area contributed by atoms with E-state index in [2.05, 4.69) is 5.32 Å². The van der Waals surface area contributed by atoms with Crippen LogP contribution in [0.4, 0.5) is 10.5 Å². The molecule has 1 heterocycles. The summed E-state index contributed by atoms with van der Waals surface area (Å²) in [5, 5.41) is 2.84. The van der Waals surface area contributed by atoms with Crippen molar-refractivity contribution in [1.82, 2.24) is 4.90 Å². The molecule has 5 nitrogen and oxygen atoms in total. The summed E-state index contributed by atoms with van der Waals surface area (Å²) in [6, 6.07) is 6.64. The molecule has 0 radical (unpaired) electrons. The van der Waals surface area contributed by atoms with Gasteiger partial charge in [-0.15, -0.1) is 0 Å². The molecule has 0 aromatic heterocycles. The van der Waals surface area contributed by atoms with Gasteiger partial charge < -0.3 is 15.0 Å². The van der Waals surface area contributed by atoms with Gasteiger partial charge in [-0.25, -0.2) is 9.59 Å². The van der Waals surface area contributed by atoms with Crippen LogP contribution in [0.5, 0.6) is 0 Å². The smallest absolute Gasteiger partial charge is 0.338 e. The number of ether oxygens (including phenoxy) is 1. The van der Waals surface area contributed by atoms with Gasteiger partial charge >= 0.3 is 12.0 Å². The van der Waals surface area contributed by atoms with E-state index in [9.17, 15) is 9.59 Å². The van der Waals surface area contributed by atoms with E-state index < -0.39 is 0 Å². The van der Waals surface area contributed by atoms with Crippen LogP contribution in [0.25, 0.3) is 0 Å². The average molecular weight is 294 g/mol. The van der Waals surface area contributed by atoms with Crippen molar-refractivity contribution in [3.8, 4) is 0 Å². The topological polar surface area (TPSA) is 58.6 Å². The van der Waals surface area contributed by atoms with Crippen LogP contribution >= 0.6 is 11.8 Å². The van der Waals surface area contributed by atoms with Crippen molar-refractivity contribution in [1.29, 1.82) is 0 Å². The highest BCUT2D eigenvalue weighted by Crippen LogP contribution is 2.14. The van der Waals surface area contributed by atoms with E-state index in [1.54, 1.807) is 36.1 Å². The first kappa shape index (κ1) is 14.7. The minimum Gasteiger partial charge on any atom is -0.462 e. The second-order valence-corrected chi connectivity index (χ2v) is 5.55. The molecule has 1 fully saturated rings. The molecule has 1 aliphatic heterocycles. The van der Waals surface area contributed by atoms with Crippen LogP contribution in [-0.2, 0) is 4.74 Å². The maximum absolute atomic E-state index is 12.0. The number of rotatable bonds is 3. The maximum Gasteiger partial charge on any atom is 0.338 e. The van der Waals surface area contributed by atoms with Crippen LogP contribution in [0, 0.1) is 0 Å². The van der Waals surface area contributed by atoms with Crippen molar-refractivity contribution < 1.29 is 14.3 Å². The summed E-state index contributed by atoms with van der Waals surface area (Å²) >= 11 is 1.86. The molecule has 0 bridgehead atoms. The average Bonchev–Trinajstić information content (AvgIpc) is 2.49. The number of amides is 2. The summed E-state index contributed by atoms with van der Waals surface area (Å²) in [6.45, 7) is 3.67. The number of esters is 1. The van der Waals surface area contributed by atoms with Crippen molar-refractivity contribution in [2.24, 2.45) is 0 Å². The Labute approximate surface area is 122 Å². The van der Waals surface area contributed by atoms with Crippen LogP contribution in [-0.4, -0.2) is 48.1 Å². The maximum atomic E-state index is 12.0. The highest BCUT2D eigenvalue weighted by Gasteiger charge is 2.16. The van der Waals surface area contributed by atoms with Gasteiger partial charge in [0.1, 0.15) is 0 Å². The van der Waals surface area contributed by atoms with Gasteiger partial charge in [-0.2, -0.15) is 11.8 Å². The molecule has 0 spiro atoms. The molecular weight excluding hydrogens is 276 g/mol. The Morgan fingerprint density at radius 2 is 1.90 bits per heavy atom.